The van der Waals surface area contributed by atoms with Crippen LogP contribution in [0.25, 0.3) is 0 Å². The van der Waals surface area contributed by atoms with Crippen LogP contribution in [0.4, 0.5) is 4.79 Å². The molecule has 0 bridgehead atoms. The van der Waals surface area contributed by atoms with Crippen molar-refractivity contribution in [3.05, 3.63) is 0 Å². The molecule has 0 atom stereocenters. The normalized spacial score (nSPS) is 15.3. The molecule has 0 saturated carbocycles. The molecule has 1 heterocycles. The lowest BCUT2D eigenvalue weighted by Gasteiger charge is -2.37. The number of nitrogens with one attached hydrogen (secondary N) is 1. The minimum Gasteiger partial charge on any atom is -0.322 e. The third-order valence-corrected chi connectivity index (χ3v) is 2.72. The average molecular weight is 286 g/mol. The second-order valence-corrected chi connectivity index (χ2v) is 4.61. The first-order chi connectivity index (χ1) is 7.04. The van der Waals surface area contributed by atoms with Gasteiger partial charge in [-0.3, -0.25) is 0 Å². The van der Waals surface area contributed by atoms with Crippen molar-refractivity contribution in [2.75, 3.05) is 26.2 Å². The molecule has 4 nitrogen and oxygen atoms in total. The van der Waals surface area contributed by atoms with Gasteiger partial charge in [-0.15, -0.1) is 24.8 Å². The zero-order valence-corrected chi connectivity index (χ0v) is 12.7. The smallest absolute Gasteiger partial charge is 0.320 e. The molecule has 0 radical (unpaired) electrons. The lowest BCUT2D eigenvalue weighted by atomic mass is 10.2. The molecular weight excluding hydrogens is 261 g/mol. The summed E-state index contributed by atoms with van der Waals surface area (Å²) in [6.45, 7) is 11.8. The van der Waals surface area contributed by atoms with Gasteiger partial charge in [-0.1, -0.05) is 0 Å². The summed E-state index contributed by atoms with van der Waals surface area (Å²) >= 11 is 0. The van der Waals surface area contributed by atoms with Crippen LogP contribution >= 0.6 is 24.8 Å². The fourth-order valence-corrected chi connectivity index (χ4v) is 2.06. The van der Waals surface area contributed by atoms with Crippen molar-refractivity contribution in [1.82, 2.24) is 15.1 Å². The van der Waals surface area contributed by atoms with Crippen LogP contribution in [-0.4, -0.2) is 54.1 Å². The Morgan fingerprint density at radius 1 is 1.06 bits per heavy atom. The van der Waals surface area contributed by atoms with E-state index in [-0.39, 0.29) is 42.9 Å². The monoisotopic (exact) mass is 285 g/mol. The number of piperazine rings is 1. The molecule has 1 fully saturated rings. The van der Waals surface area contributed by atoms with Gasteiger partial charge >= 0.3 is 6.03 Å². The summed E-state index contributed by atoms with van der Waals surface area (Å²) in [6, 6.07) is 0.723. The number of nitrogens with zero attached hydrogens (tertiary/aromatic N) is 2. The largest absolute Gasteiger partial charge is 0.322 e. The quantitative estimate of drug-likeness (QED) is 0.842. The van der Waals surface area contributed by atoms with Gasteiger partial charge in [0.15, 0.2) is 0 Å². The van der Waals surface area contributed by atoms with E-state index in [1.54, 1.807) is 0 Å². The minimum atomic E-state index is 0. The fourth-order valence-electron chi connectivity index (χ4n) is 2.06. The van der Waals surface area contributed by atoms with Crippen molar-refractivity contribution in [3.63, 3.8) is 0 Å². The molecule has 0 aromatic heterocycles. The zero-order valence-electron chi connectivity index (χ0n) is 11.1. The summed E-state index contributed by atoms with van der Waals surface area (Å²) in [5.41, 5.74) is 0. The molecule has 0 spiro atoms. The maximum absolute atomic E-state index is 12.2. The van der Waals surface area contributed by atoms with E-state index >= 15 is 0 Å². The van der Waals surface area contributed by atoms with Gasteiger partial charge in [-0.2, -0.15) is 0 Å². The minimum absolute atomic E-state index is 0. The Kier molecular flexibility index (Phi) is 9.96. The molecule has 17 heavy (non-hydrogen) atoms. The number of carbonyl (C=O) groups excluding carboxylic acids is 1. The van der Waals surface area contributed by atoms with Crippen LogP contribution in [0.3, 0.4) is 0 Å². The molecule has 6 heteroatoms. The van der Waals surface area contributed by atoms with Gasteiger partial charge in [0.25, 0.3) is 0 Å². The number of halogens is 2. The van der Waals surface area contributed by atoms with Gasteiger partial charge in [0.05, 0.1) is 0 Å². The number of hydrogen-bond donors (Lipinski definition) is 1. The van der Waals surface area contributed by atoms with Crippen molar-refractivity contribution >= 4 is 30.8 Å². The Morgan fingerprint density at radius 2 is 1.47 bits per heavy atom. The van der Waals surface area contributed by atoms with E-state index in [4.69, 9.17) is 0 Å². The molecule has 1 saturated heterocycles. The Bertz CT molecular complexity index is 211. The van der Waals surface area contributed by atoms with Crippen LogP contribution in [0, 0.1) is 0 Å². The van der Waals surface area contributed by atoms with Gasteiger partial charge in [0.1, 0.15) is 0 Å². The lowest BCUT2D eigenvalue weighted by Crippen LogP contribution is -2.54. The molecule has 0 aromatic carbocycles. The first-order valence-electron chi connectivity index (χ1n) is 5.82. The van der Waals surface area contributed by atoms with E-state index in [1.165, 1.54) is 0 Å². The van der Waals surface area contributed by atoms with Crippen molar-refractivity contribution in [2.45, 2.75) is 39.8 Å². The lowest BCUT2D eigenvalue weighted by molar-refractivity contribution is 0.120. The number of amides is 2. The Hall–Kier alpha value is -0.190. The molecule has 2 amide bonds. The van der Waals surface area contributed by atoms with E-state index in [2.05, 4.69) is 33.0 Å². The molecule has 1 aliphatic heterocycles. The van der Waals surface area contributed by atoms with E-state index in [9.17, 15) is 4.79 Å². The van der Waals surface area contributed by atoms with Crippen LogP contribution in [-0.2, 0) is 0 Å². The van der Waals surface area contributed by atoms with Crippen molar-refractivity contribution in [3.8, 4) is 0 Å². The summed E-state index contributed by atoms with van der Waals surface area (Å²) in [5.74, 6) is 0. The van der Waals surface area contributed by atoms with E-state index < -0.39 is 0 Å². The molecule has 1 aliphatic rings. The molecule has 0 aromatic rings. The third kappa shape index (κ3) is 5.32. The number of carbonyl (C=O) groups is 1. The number of rotatable bonds is 2. The summed E-state index contributed by atoms with van der Waals surface area (Å²) in [7, 11) is 0. The predicted molar refractivity (Wildman–Crippen MR) is 76.4 cm³/mol. The van der Waals surface area contributed by atoms with Gasteiger partial charge in [-0.05, 0) is 27.7 Å². The van der Waals surface area contributed by atoms with Gasteiger partial charge in [0.2, 0.25) is 0 Å². The van der Waals surface area contributed by atoms with E-state index in [1.807, 2.05) is 9.80 Å². The van der Waals surface area contributed by atoms with Crippen LogP contribution in [0.15, 0.2) is 0 Å². The van der Waals surface area contributed by atoms with Gasteiger partial charge in [-0.25, -0.2) is 4.79 Å². The SMILES string of the molecule is CC(C)N(C(=O)N1CCNCC1)C(C)C.Cl.Cl. The fraction of sp³-hybridized carbons (Fsp3) is 0.909. The van der Waals surface area contributed by atoms with E-state index in [0.29, 0.717) is 0 Å². The molecular formula is C11H25Cl2N3O. The first-order valence-corrected chi connectivity index (χ1v) is 5.82. The Morgan fingerprint density at radius 3 is 1.82 bits per heavy atom. The standard InChI is InChI=1S/C11H23N3O.2ClH/c1-9(2)14(10(3)4)11(15)13-7-5-12-6-8-13;;/h9-10,12H,5-8H2,1-4H3;2*1H. The third-order valence-electron chi connectivity index (χ3n) is 2.72. The average Bonchev–Trinajstić information content (AvgIpc) is 2.18. The highest BCUT2D eigenvalue weighted by Crippen LogP contribution is 2.10. The molecule has 1 rings (SSSR count). The first kappa shape index (κ1) is 19.2. The highest BCUT2D eigenvalue weighted by Gasteiger charge is 2.25. The van der Waals surface area contributed by atoms with Crippen molar-refractivity contribution in [2.24, 2.45) is 0 Å². The summed E-state index contributed by atoms with van der Waals surface area (Å²) in [5, 5.41) is 3.25. The second kappa shape index (κ2) is 8.84. The second-order valence-electron chi connectivity index (χ2n) is 4.61. The van der Waals surface area contributed by atoms with Crippen LogP contribution in [0.2, 0.25) is 0 Å². The predicted octanol–water partition coefficient (Wildman–Crippen LogP) is 1.97. The molecule has 1 N–H and O–H groups in total. The van der Waals surface area contributed by atoms with Crippen LogP contribution < -0.4 is 5.32 Å². The van der Waals surface area contributed by atoms with E-state index in [0.717, 1.165) is 26.2 Å². The van der Waals surface area contributed by atoms with Crippen LogP contribution in [0.5, 0.6) is 0 Å². The maximum Gasteiger partial charge on any atom is 0.320 e. The maximum atomic E-state index is 12.2. The van der Waals surface area contributed by atoms with Crippen molar-refractivity contribution in [1.29, 1.82) is 0 Å². The molecule has 0 unspecified atom stereocenters. The van der Waals surface area contributed by atoms with Gasteiger partial charge in [0, 0.05) is 38.3 Å². The highest BCUT2D eigenvalue weighted by molar-refractivity contribution is 5.85. The number of hydrogen-bond acceptors (Lipinski definition) is 2. The molecule has 0 aliphatic carbocycles. The van der Waals surface area contributed by atoms with Gasteiger partial charge < -0.3 is 15.1 Å². The molecule has 104 valence electrons. The van der Waals surface area contributed by atoms with Crippen LogP contribution in [0.1, 0.15) is 27.7 Å². The number of urea groups is 1. The summed E-state index contributed by atoms with van der Waals surface area (Å²) < 4.78 is 0. The highest BCUT2D eigenvalue weighted by atomic mass is 35.5. The summed E-state index contributed by atoms with van der Waals surface area (Å²) in [4.78, 5) is 16.1. The Labute approximate surface area is 117 Å². The van der Waals surface area contributed by atoms with Crippen molar-refractivity contribution < 1.29 is 4.79 Å². The zero-order chi connectivity index (χ0) is 11.4. The summed E-state index contributed by atoms with van der Waals surface area (Å²) in [6.07, 6.45) is 0. The topological polar surface area (TPSA) is 35.6 Å². The Balaban J connectivity index is 0.